The molecule has 1 fully saturated rings. The Hall–Kier alpha value is -1.22. The summed E-state index contributed by atoms with van der Waals surface area (Å²) in [6.07, 6.45) is 8.89. The van der Waals surface area contributed by atoms with Gasteiger partial charge in [-0.2, -0.15) is 0 Å². The van der Waals surface area contributed by atoms with Crippen molar-refractivity contribution >= 4 is 5.69 Å². The Labute approximate surface area is 135 Å². The highest BCUT2D eigenvalue weighted by molar-refractivity contribution is 5.48. The van der Waals surface area contributed by atoms with E-state index in [0.29, 0.717) is 12.1 Å². The van der Waals surface area contributed by atoms with E-state index in [4.69, 9.17) is 4.74 Å². The van der Waals surface area contributed by atoms with E-state index < -0.39 is 0 Å². The highest BCUT2D eigenvalue weighted by atomic mass is 16.5. The molecule has 2 unspecified atom stereocenters. The first kappa shape index (κ1) is 17.1. The number of anilines is 1. The zero-order valence-electron chi connectivity index (χ0n) is 14.2. The molecule has 1 aromatic rings. The summed E-state index contributed by atoms with van der Waals surface area (Å²) in [7, 11) is 0. The van der Waals surface area contributed by atoms with Crippen molar-refractivity contribution in [1.82, 2.24) is 5.32 Å². The molecule has 2 rings (SSSR count). The number of rotatable bonds is 9. The molecule has 0 amide bonds. The fourth-order valence-corrected chi connectivity index (χ4v) is 3.06. The lowest BCUT2D eigenvalue weighted by Crippen LogP contribution is -2.44. The predicted molar refractivity (Wildman–Crippen MR) is 94.8 cm³/mol. The van der Waals surface area contributed by atoms with Crippen molar-refractivity contribution in [3.8, 4) is 5.75 Å². The summed E-state index contributed by atoms with van der Waals surface area (Å²) in [5, 5.41) is 7.20. The van der Waals surface area contributed by atoms with E-state index in [1.54, 1.807) is 0 Å². The first-order valence-electron chi connectivity index (χ1n) is 9.00. The van der Waals surface area contributed by atoms with E-state index in [2.05, 4.69) is 42.7 Å². The van der Waals surface area contributed by atoms with E-state index in [1.807, 2.05) is 6.07 Å². The number of benzene rings is 1. The van der Waals surface area contributed by atoms with Crippen LogP contribution in [0.15, 0.2) is 24.3 Å². The van der Waals surface area contributed by atoms with Gasteiger partial charge in [-0.25, -0.2) is 0 Å². The van der Waals surface area contributed by atoms with E-state index in [9.17, 15) is 0 Å². The monoisotopic (exact) mass is 304 g/mol. The summed E-state index contributed by atoms with van der Waals surface area (Å²) in [5.41, 5.74) is 1.16. The molecule has 3 heteroatoms. The van der Waals surface area contributed by atoms with Crippen LogP contribution in [0.4, 0.5) is 5.69 Å². The molecule has 124 valence electrons. The van der Waals surface area contributed by atoms with E-state index in [-0.39, 0.29) is 0 Å². The summed E-state index contributed by atoms with van der Waals surface area (Å²) < 4.78 is 5.85. The van der Waals surface area contributed by atoms with Gasteiger partial charge in [0, 0.05) is 30.4 Å². The molecule has 0 radical (unpaired) electrons. The molecule has 1 saturated heterocycles. The van der Waals surface area contributed by atoms with Gasteiger partial charge in [-0.1, -0.05) is 38.7 Å². The standard InChI is InChI=1S/C19H32N2O/c1-3-4-5-6-13-22-19-12-8-10-17(14-19)20-15-18-11-7-9-16(2)21-18/h8,10,12,14,16,18,20-21H,3-7,9,11,13,15H2,1-2H3. The third-order valence-electron chi connectivity index (χ3n) is 4.36. The van der Waals surface area contributed by atoms with Crippen LogP contribution in [0.1, 0.15) is 58.8 Å². The third kappa shape index (κ3) is 6.27. The number of piperidine rings is 1. The van der Waals surface area contributed by atoms with E-state index in [1.165, 1.54) is 38.5 Å². The van der Waals surface area contributed by atoms with Crippen LogP contribution in [0.3, 0.4) is 0 Å². The Kier molecular flexibility index (Phi) is 7.58. The average Bonchev–Trinajstić information content (AvgIpc) is 2.53. The smallest absolute Gasteiger partial charge is 0.121 e. The lowest BCUT2D eigenvalue weighted by Gasteiger charge is -2.29. The van der Waals surface area contributed by atoms with Crippen molar-refractivity contribution in [3.63, 3.8) is 0 Å². The number of unbranched alkanes of at least 4 members (excludes halogenated alkanes) is 3. The number of ether oxygens (including phenoxy) is 1. The van der Waals surface area contributed by atoms with Crippen LogP contribution in [0.25, 0.3) is 0 Å². The van der Waals surface area contributed by atoms with E-state index in [0.717, 1.165) is 31.0 Å². The first-order chi connectivity index (χ1) is 10.8. The van der Waals surface area contributed by atoms with Crippen LogP contribution < -0.4 is 15.4 Å². The average molecular weight is 304 g/mol. The van der Waals surface area contributed by atoms with Crippen molar-refractivity contribution in [2.45, 2.75) is 70.9 Å². The predicted octanol–water partition coefficient (Wildman–Crippen LogP) is 4.59. The zero-order valence-corrected chi connectivity index (χ0v) is 14.2. The van der Waals surface area contributed by atoms with E-state index >= 15 is 0 Å². The molecule has 2 atom stereocenters. The zero-order chi connectivity index (χ0) is 15.6. The quantitative estimate of drug-likeness (QED) is 0.655. The maximum absolute atomic E-state index is 5.85. The lowest BCUT2D eigenvalue weighted by atomic mass is 9.99. The summed E-state index contributed by atoms with van der Waals surface area (Å²) in [4.78, 5) is 0. The minimum Gasteiger partial charge on any atom is -0.494 e. The summed E-state index contributed by atoms with van der Waals surface area (Å²) in [6, 6.07) is 9.59. The number of hydrogen-bond acceptors (Lipinski definition) is 3. The molecule has 0 aliphatic carbocycles. The van der Waals surface area contributed by atoms with Crippen molar-refractivity contribution < 1.29 is 4.74 Å². The molecule has 3 nitrogen and oxygen atoms in total. The van der Waals surface area contributed by atoms with Crippen molar-refractivity contribution in [3.05, 3.63) is 24.3 Å². The van der Waals surface area contributed by atoms with Crippen LogP contribution in [-0.2, 0) is 0 Å². The normalized spacial score (nSPS) is 21.5. The van der Waals surface area contributed by atoms with Crippen molar-refractivity contribution in [1.29, 1.82) is 0 Å². The second-order valence-corrected chi connectivity index (χ2v) is 6.51. The molecule has 1 aliphatic rings. The third-order valence-corrected chi connectivity index (χ3v) is 4.36. The molecule has 0 saturated carbocycles. The second kappa shape index (κ2) is 9.73. The second-order valence-electron chi connectivity index (χ2n) is 6.51. The minimum absolute atomic E-state index is 0.586. The van der Waals surface area contributed by atoms with Crippen LogP contribution in [0.5, 0.6) is 5.75 Å². The maximum Gasteiger partial charge on any atom is 0.121 e. The highest BCUT2D eigenvalue weighted by Crippen LogP contribution is 2.19. The Morgan fingerprint density at radius 3 is 2.95 bits per heavy atom. The van der Waals surface area contributed by atoms with Gasteiger partial charge in [0.25, 0.3) is 0 Å². The van der Waals surface area contributed by atoms with Gasteiger partial charge in [-0.05, 0) is 38.3 Å². The topological polar surface area (TPSA) is 33.3 Å². The molecular weight excluding hydrogens is 272 g/mol. The Morgan fingerprint density at radius 1 is 1.23 bits per heavy atom. The van der Waals surface area contributed by atoms with Gasteiger partial charge in [-0.15, -0.1) is 0 Å². The molecule has 0 spiro atoms. The fraction of sp³-hybridized carbons (Fsp3) is 0.684. The lowest BCUT2D eigenvalue weighted by molar-refractivity contribution is 0.305. The highest BCUT2D eigenvalue weighted by Gasteiger charge is 2.17. The Balaban J connectivity index is 1.71. The molecule has 0 bridgehead atoms. The Morgan fingerprint density at radius 2 is 2.14 bits per heavy atom. The largest absolute Gasteiger partial charge is 0.494 e. The molecule has 1 aliphatic heterocycles. The minimum atomic E-state index is 0.586. The van der Waals surface area contributed by atoms with Gasteiger partial charge < -0.3 is 15.4 Å². The van der Waals surface area contributed by atoms with Crippen LogP contribution in [0, 0.1) is 0 Å². The molecule has 2 N–H and O–H groups in total. The van der Waals surface area contributed by atoms with Gasteiger partial charge in [0.15, 0.2) is 0 Å². The van der Waals surface area contributed by atoms with Crippen LogP contribution >= 0.6 is 0 Å². The Bertz CT molecular complexity index is 422. The summed E-state index contributed by atoms with van der Waals surface area (Å²) in [6.45, 7) is 6.33. The van der Waals surface area contributed by atoms with Gasteiger partial charge in [0.2, 0.25) is 0 Å². The van der Waals surface area contributed by atoms with Gasteiger partial charge >= 0.3 is 0 Å². The molecule has 1 heterocycles. The SMILES string of the molecule is CCCCCCOc1cccc(NCC2CCCC(C)N2)c1. The van der Waals surface area contributed by atoms with Gasteiger partial charge in [0.05, 0.1) is 6.61 Å². The van der Waals surface area contributed by atoms with Crippen molar-refractivity contribution in [2.75, 3.05) is 18.5 Å². The molecule has 0 aromatic heterocycles. The molecule has 1 aromatic carbocycles. The summed E-state index contributed by atoms with van der Waals surface area (Å²) >= 11 is 0. The molecular formula is C19H32N2O. The molecule has 22 heavy (non-hydrogen) atoms. The van der Waals surface area contributed by atoms with Crippen molar-refractivity contribution in [2.24, 2.45) is 0 Å². The van der Waals surface area contributed by atoms with Gasteiger partial charge in [-0.3, -0.25) is 0 Å². The fourth-order valence-electron chi connectivity index (χ4n) is 3.06. The van der Waals surface area contributed by atoms with Crippen LogP contribution in [0.2, 0.25) is 0 Å². The summed E-state index contributed by atoms with van der Waals surface area (Å²) in [5.74, 6) is 0.978. The maximum atomic E-state index is 5.85. The number of hydrogen-bond donors (Lipinski definition) is 2. The van der Waals surface area contributed by atoms with Crippen LogP contribution in [-0.4, -0.2) is 25.2 Å². The number of nitrogens with one attached hydrogen (secondary N) is 2. The first-order valence-corrected chi connectivity index (χ1v) is 9.00. The van der Waals surface area contributed by atoms with Gasteiger partial charge in [0.1, 0.15) is 5.75 Å².